The van der Waals surface area contributed by atoms with Crippen LogP contribution in [-0.4, -0.2) is 63.6 Å². The monoisotopic (exact) mass is 341 g/mol. The number of H-pyrrole nitrogens is 1. The fourth-order valence-corrected chi connectivity index (χ4v) is 4.19. The molecule has 6 heteroatoms. The summed E-state index contributed by atoms with van der Waals surface area (Å²) in [6, 6.07) is 1.91. The summed E-state index contributed by atoms with van der Waals surface area (Å²) < 4.78 is 0. The van der Waals surface area contributed by atoms with Crippen LogP contribution in [0.1, 0.15) is 48.2 Å². The van der Waals surface area contributed by atoms with Crippen molar-refractivity contribution in [2.24, 2.45) is 5.92 Å². The minimum atomic E-state index is 0.0901. The van der Waals surface area contributed by atoms with Crippen molar-refractivity contribution in [1.29, 1.82) is 0 Å². The van der Waals surface area contributed by atoms with Gasteiger partial charge in [0.2, 0.25) is 0 Å². The van der Waals surface area contributed by atoms with Gasteiger partial charge >= 0.3 is 0 Å². The largest absolute Gasteiger partial charge is 0.336 e. The Morgan fingerprint density at radius 1 is 1.20 bits per heavy atom. The van der Waals surface area contributed by atoms with E-state index >= 15 is 0 Å². The summed E-state index contributed by atoms with van der Waals surface area (Å²) >= 11 is 0. The van der Waals surface area contributed by atoms with E-state index in [1.807, 2.05) is 17.9 Å². The van der Waals surface area contributed by atoms with Gasteiger partial charge in [0.1, 0.15) is 0 Å². The maximum atomic E-state index is 12.8. The lowest BCUT2D eigenvalue weighted by molar-refractivity contribution is 0.0606. The van der Waals surface area contributed by atoms with Gasteiger partial charge in [0.05, 0.1) is 5.56 Å². The van der Waals surface area contributed by atoms with Crippen molar-refractivity contribution in [1.82, 2.24) is 25.0 Å². The second-order valence-corrected chi connectivity index (χ2v) is 7.54. The number of nitrogens with one attached hydrogen (secondary N) is 1. The third-order valence-electron chi connectivity index (χ3n) is 5.75. The Morgan fingerprint density at radius 2 is 1.96 bits per heavy atom. The number of rotatable bonds is 3. The molecule has 1 saturated carbocycles. The lowest BCUT2D eigenvalue weighted by Crippen LogP contribution is -2.49. The molecular formula is C19H27N5O. The van der Waals surface area contributed by atoms with Gasteiger partial charge in [-0.05, 0) is 31.7 Å². The second-order valence-electron chi connectivity index (χ2n) is 7.54. The first kappa shape index (κ1) is 16.5. The number of carbonyl (C=O) groups excluding carboxylic acids is 1. The first-order chi connectivity index (χ1) is 12.2. The van der Waals surface area contributed by atoms with Crippen LogP contribution in [-0.2, 0) is 0 Å². The highest BCUT2D eigenvalue weighted by molar-refractivity contribution is 5.97. The molecule has 0 unspecified atom stereocenters. The minimum absolute atomic E-state index is 0.0901. The van der Waals surface area contributed by atoms with Crippen LogP contribution in [0.25, 0.3) is 11.0 Å². The number of fused-ring (bicyclic) bond motifs is 1. The smallest absolute Gasteiger partial charge is 0.255 e. The Balaban J connectivity index is 1.36. The summed E-state index contributed by atoms with van der Waals surface area (Å²) in [6.07, 6.45) is 8.62. The fraction of sp³-hybridized carbons (Fsp3) is 0.632. The molecule has 0 aromatic carbocycles. The van der Waals surface area contributed by atoms with Crippen molar-refractivity contribution in [3.8, 4) is 0 Å². The first-order valence-electron chi connectivity index (χ1n) is 9.53. The molecule has 2 aromatic heterocycles. The van der Waals surface area contributed by atoms with E-state index in [1.165, 1.54) is 38.6 Å². The van der Waals surface area contributed by atoms with Crippen LogP contribution in [0.2, 0.25) is 0 Å². The van der Waals surface area contributed by atoms with E-state index < -0.39 is 0 Å². The zero-order chi connectivity index (χ0) is 17.2. The van der Waals surface area contributed by atoms with Gasteiger partial charge in [0, 0.05) is 50.0 Å². The topological polar surface area (TPSA) is 65.1 Å². The zero-order valence-electron chi connectivity index (χ0n) is 15.0. The predicted molar refractivity (Wildman–Crippen MR) is 97.5 cm³/mol. The van der Waals surface area contributed by atoms with Crippen molar-refractivity contribution in [2.75, 3.05) is 32.7 Å². The van der Waals surface area contributed by atoms with Crippen LogP contribution in [0.4, 0.5) is 0 Å². The van der Waals surface area contributed by atoms with Crippen molar-refractivity contribution >= 4 is 16.9 Å². The molecular weight excluding hydrogens is 314 g/mol. The van der Waals surface area contributed by atoms with Crippen LogP contribution in [0.15, 0.2) is 12.3 Å². The summed E-state index contributed by atoms with van der Waals surface area (Å²) in [7, 11) is 0. The van der Waals surface area contributed by atoms with Crippen molar-refractivity contribution in [3.63, 3.8) is 0 Å². The number of amides is 1. The van der Waals surface area contributed by atoms with E-state index in [4.69, 9.17) is 0 Å². The van der Waals surface area contributed by atoms with Gasteiger partial charge in [-0.3, -0.25) is 14.8 Å². The standard InChI is InChI=1S/C19H27N5O/c1-14-17-11-16(12-20-18(17)22-21-14)19(25)24-9-7-23(8-10-24)13-15-5-3-2-4-6-15/h11-12,15H,2-10,13H2,1H3,(H,20,21,22). The van der Waals surface area contributed by atoms with Crippen molar-refractivity contribution in [2.45, 2.75) is 39.0 Å². The quantitative estimate of drug-likeness (QED) is 0.932. The Hall–Kier alpha value is -1.95. The molecule has 1 aliphatic heterocycles. The van der Waals surface area contributed by atoms with Crippen molar-refractivity contribution < 1.29 is 4.79 Å². The van der Waals surface area contributed by atoms with Crippen molar-refractivity contribution in [3.05, 3.63) is 23.5 Å². The van der Waals surface area contributed by atoms with Gasteiger partial charge in [0.25, 0.3) is 5.91 Å². The molecule has 1 amide bonds. The van der Waals surface area contributed by atoms with E-state index in [2.05, 4.69) is 20.1 Å². The summed E-state index contributed by atoms with van der Waals surface area (Å²) in [6.45, 7) is 6.77. The molecule has 2 aromatic rings. The van der Waals surface area contributed by atoms with Crippen LogP contribution in [0.3, 0.4) is 0 Å². The molecule has 25 heavy (non-hydrogen) atoms. The molecule has 1 N–H and O–H groups in total. The maximum Gasteiger partial charge on any atom is 0.255 e. The number of hydrogen-bond acceptors (Lipinski definition) is 4. The molecule has 6 nitrogen and oxygen atoms in total. The highest BCUT2D eigenvalue weighted by atomic mass is 16.2. The highest BCUT2D eigenvalue weighted by Crippen LogP contribution is 2.25. The summed E-state index contributed by atoms with van der Waals surface area (Å²) in [5.41, 5.74) is 2.29. The zero-order valence-corrected chi connectivity index (χ0v) is 15.0. The van der Waals surface area contributed by atoms with Crippen LogP contribution >= 0.6 is 0 Å². The van der Waals surface area contributed by atoms with Gasteiger partial charge in [-0.2, -0.15) is 5.10 Å². The highest BCUT2D eigenvalue weighted by Gasteiger charge is 2.25. The minimum Gasteiger partial charge on any atom is -0.336 e. The number of hydrogen-bond donors (Lipinski definition) is 1. The molecule has 2 fully saturated rings. The Kier molecular flexibility index (Phi) is 4.70. The van der Waals surface area contributed by atoms with Gasteiger partial charge in [-0.25, -0.2) is 4.98 Å². The molecule has 134 valence electrons. The lowest BCUT2D eigenvalue weighted by Gasteiger charge is -2.37. The third kappa shape index (κ3) is 3.54. The normalized spacial score (nSPS) is 20.3. The van der Waals surface area contributed by atoms with E-state index in [1.54, 1.807) is 6.20 Å². The predicted octanol–water partition coefficient (Wildman–Crippen LogP) is 2.60. The lowest BCUT2D eigenvalue weighted by atomic mass is 9.89. The second kappa shape index (κ2) is 7.12. The number of pyridine rings is 1. The number of piperazine rings is 1. The summed E-state index contributed by atoms with van der Waals surface area (Å²) in [4.78, 5) is 21.6. The van der Waals surface area contributed by atoms with Gasteiger partial charge in [-0.15, -0.1) is 0 Å². The number of aromatic nitrogens is 3. The SMILES string of the molecule is Cc1[nH]nc2ncc(C(=O)N3CCN(CC4CCCCC4)CC3)cc12. The summed E-state index contributed by atoms with van der Waals surface area (Å²) in [5.74, 6) is 0.957. The average Bonchev–Trinajstić information content (AvgIpc) is 3.03. The van der Waals surface area contributed by atoms with Gasteiger partial charge < -0.3 is 4.90 Å². The number of carbonyl (C=O) groups is 1. The van der Waals surface area contributed by atoms with E-state index in [9.17, 15) is 4.79 Å². The third-order valence-corrected chi connectivity index (χ3v) is 5.75. The van der Waals surface area contributed by atoms with Gasteiger partial charge in [0.15, 0.2) is 5.65 Å². The molecule has 0 atom stereocenters. The van der Waals surface area contributed by atoms with E-state index in [0.717, 1.165) is 43.2 Å². The molecule has 1 saturated heterocycles. The van der Waals surface area contributed by atoms with Crippen LogP contribution in [0.5, 0.6) is 0 Å². The Bertz CT molecular complexity index is 741. The maximum absolute atomic E-state index is 12.8. The molecule has 1 aliphatic carbocycles. The molecule has 3 heterocycles. The molecule has 2 aliphatic rings. The summed E-state index contributed by atoms with van der Waals surface area (Å²) in [5, 5.41) is 7.98. The molecule has 0 spiro atoms. The number of nitrogens with zero attached hydrogens (tertiary/aromatic N) is 4. The first-order valence-corrected chi connectivity index (χ1v) is 9.53. The van der Waals surface area contributed by atoms with Gasteiger partial charge in [-0.1, -0.05) is 19.3 Å². The fourth-order valence-electron chi connectivity index (χ4n) is 4.19. The molecule has 4 rings (SSSR count). The van der Waals surface area contributed by atoms with E-state index in [-0.39, 0.29) is 5.91 Å². The number of aromatic amines is 1. The average molecular weight is 341 g/mol. The molecule has 0 bridgehead atoms. The number of aryl methyl sites for hydroxylation is 1. The molecule has 0 radical (unpaired) electrons. The van der Waals surface area contributed by atoms with Crippen LogP contribution in [0, 0.1) is 12.8 Å². The van der Waals surface area contributed by atoms with Crippen LogP contribution < -0.4 is 0 Å². The van der Waals surface area contributed by atoms with E-state index in [0.29, 0.717) is 11.2 Å². The Labute approximate surface area is 148 Å². The Morgan fingerprint density at radius 3 is 2.72 bits per heavy atom.